The second-order valence-corrected chi connectivity index (χ2v) is 2.83. The largest absolute Gasteiger partial charge is 0.458 e. The van der Waals surface area contributed by atoms with Crippen LogP contribution in [0.5, 0.6) is 0 Å². The Balaban J connectivity index is 3.58. The van der Waals surface area contributed by atoms with E-state index in [1.165, 1.54) is 5.41 Å². The Hall–Kier alpha value is -0.480. The summed E-state index contributed by atoms with van der Waals surface area (Å²) in [6.45, 7) is 5.48. The van der Waals surface area contributed by atoms with Crippen LogP contribution in [-0.2, 0) is 4.74 Å². The third kappa shape index (κ3) is 3.16. The molecule has 1 unspecified atom stereocenters. The van der Waals surface area contributed by atoms with Crippen molar-refractivity contribution in [3.05, 3.63) is 12.0 Å². The Labute approximate surface area is 57.4 Å². The lowest BCUT2D eigenvalue weighted by Crippen LogP contribution is -2.06. The molecule has 0 fully saturated rings. The number of hydrogen-bond donors (Lipinski definition) is 2. The molecule has 0 heterocycles. The second kappa shape index (κ2) is 4.40. The lowest BCUT2D eigenvalue weighted by atomic mass is 10.9. The molecule has 0 bridgehead atoms. The summed E-state index contributed by atoms with van der Waals surface area (Å²) in [5.41, 5.74) is 0. The minimum atomic E-state index is -1.24. The molecule has 0 aromatic heterocycles. The summed E-state index contributed by atoms with van der Waals surface area (Å²) in [6, 6.07) is 0. The van der Waals surface area contributed by atoms with Crippen LogP contribution in [0.2, 0.25) is 0 Å². The van der Waals surface area contributed by atoms with Gasteiger partial charge in [-0.2, -0.15) is 0 Å². The first-order valence-electron chi connectivity index (χ1n) is 2.55. The van der Waals surface area contributed by atoms with E-state index < -0.39 is 11.1 Å². The standard InChI is InChI=1S/C5H11NO2S/c1-3-8-5(7)9(6)4-2/h4,9H,2-3,6H2,1H3. The molecule has 0 aromatic carbocycles. The number of carbonyl (C=O) groups excluding carboxylic acids is 1. The highest BCUT2D eigenvalue weighted by Crippen LogP contribution is 2.17. The molecular weight excluding hydrogens is 138 g/mol. The van der Waals surface area contributed by atoms with Gasteiger partial charge in [0.25, 0.3) is 0 Å². The zero-order valence-electron chi connectivity index (χ0n) is 5.33. The zero-order valence-corrected chi connectivity index (χ0v) is 6.23. The van der Waals surface area contributed by atoms with Crippen molar-refractivity contribution in [3.63, 3.8) is 0 Å². The third-order valence-corrected chi connectivity index (χ3v) is 1.62. The van der Waals surface area contributed by atoms with E-state index in [0.717, 1.165) is 0 Å². The lowest BCUT2D eigenvalue weighted by molar-refractivity contribution is 0.181. The molecule has 0 saturated heterocycles. The van der Waals surface area contributed by atoms with E-state index in [4.69, 9.17) is 5.14 Å². The minimum Gasteiger partial charge on any atom is -0.458 e. The molecule has 4 heteroatoms. The van der Waals surface area contributed by atoms with E-state index in [0.29, 0.717) is 6.61 Å². The van der Waals surface area contributed by atoms with Gasteiger partial charge in [0.05, 0.1) is 6.61 Å². The molecule has 0 aliphatic heterocycles. The van der Waals surface area contributed by atoms with E-state index in [1.54, 1.807) is 6.92 Å². The Kier molecular flexibility index (Phi) is 4.17. The first-order chi connectivity index (χ1) is 4.22. The first kappa shape index (κ1) is 8.52. The minimum absolute atomic E-state index is 0.359. The van der Waals surface area contributed by atoms with Gasteiger partial charge < -0.3 is 4.74 Å². The van der Waals surface area contributed by atoms with Crippen LogP contribution in [0.25, 0.3) is 0 Å². The van der Waals surface area contributed by atoms with Crippen LogP contribution in [0, 0.1) is 0 Å². The van der Waals surface area contributed by atoms with Gasteiger partial charge in [-0.05, 0) is 12.3 Å². The summed E-state index contributed by atoms with van der Waals surface area (Å²) in [5.74, 6) is 0. The molecule has 54 valence electrons. The van der Waals surface area contributed by atoms with Crippen molar-refractivity contribution in [2.45, 2.75) is 6.92 Å². The maximum absolute atomic E-state index is 10.6. The molecule has 0 spiro atoms. The number of hydrogen-bond acceptors (Lipinski definition) is 3. The summed E-state index contributed by atoms with van der Waals surface area (Å²) < 4.78 is 4.59. The molecule has 1 atom stereocenters. The summed E-state index contributed by atoms with van der Waals surface area (Å²) in [7, 11) is 0. The predicted molar refractivity (Wildman–Crippen MR) is 40.4 cm³/mol. The average Bonchev–Trinajstić information content (AvgIpc) is 1.87. The molecular formula is C5H11NO2S. The molecule has 0 aliphatic carbocycles. The molecule has 0 aliphatic rings. The number of ether oxygens (including phenoxy) is 1. The predicted octanol–water partition coefficient (Wildman–Crippen LogP) is 1.16. The maximum atomic E-state index is 10.6. The smallest absolute Gasteiger partial charge is 0.362 e. The fourth-order valence-electron chi connectivity index (χ4n) is 0.273. The maximum Gasteiger partial charge on any atom is 0.362 e. The van der Waals surface area contributed by atoms with Gasteiger partial charge in [0.15, 0.2) is 0 Å². The van der Waals surface area contributed by atoms with Crippen LogP contribution in [-0.4, -0.2) is 11.9 Å². The molecule has 3 nitrogen and oxygen atoms in total. The highest BCUT2D eigenvalue weighted by molar-refractivity contribution is 8.30. The zero-order chi connectivity index (χ0) is 7.28. The third-order valence-electron chi connectivity index (χ3n) is 0.675. The van der Waals surface area contributed by atoms with Crippen molar-refractivity contribution in [1.29, 1.82) is 0 Å². The van der Waals surface area contributed by atoms with Crippen molar-refractivity contribution in [3.8, 4) is 0 Å². The van der Waals surface area contributed by atoms with Gasteiger partial charge >= 0.3 is 5.30 Å². The normalized spacial score (nSPS) is 14.2. The van der Waals surface area contributed by atoms with Crippen LogP contribution in [0.15, 0.2) is 12.0 Å². The summed E-state index contributed by atoms with van der Waals surface area (Å²) in [6.07, 6.45) is 0. The summed E-state index contributed by atoms with van der Waals surface area (Å²) in [5, 5.41) is 6.33. The Morgan fingerprint density at radius 3 is 2.89 bits per heavy atom. The number of nitrogens with two attached hydrogens (primary N) is 1. The van der Waals surface area contributed by atoms with Gasteiger partial charge in [0.1, 0.15) is 0 Å². The number of rotatable bonds is 2. The van der Waals surface area contributed by atoms with Crippen LogP contribution in [0.3, 0.4) is 0 Å². The van der Waals surface area contributed by atoms with Crippen molar-refractivity contribution < 1.29 is 9.53 Å². The van der Waals surface area contributed by atoms with E-state index in [-0.39, 0.29) is 5.30 Å². The molecule has 9 heavy (non-hydrogen) atoms. The fourth-order valence-corrected chi connectivity index (χ4v) is 0.700. The van der Waals surface area contributed by atoms with E-state index in [2.05, 4.69) is 11.3 Å². The van der Waals surface area contributed by atoms with E-state index >= 15 is 0 Å². The monoisotopic (exact) mass is 149 g/mol. The van der Waals surface area contributed by atoms with Gasteiger partial charge in [0, 0.05) is 0 Å². The molecule has 0 saturated carbocycles. The summed E-state index contributed by atoms with van der Waals surface area (Å²) in [4.78, 5) is 10.6. The topological polar surface area (TPSA) is 52.3 Å². The molecule has 0 radical (unpaired) electrons. The van der Waals surface area contributed by atoms with Crippen molar-refractivity contribution in [1.82, 2.24) is 0 Å². The van der Waals surface area contributed by atoms with Gasteiger partial charge in [-0.25, -0.2) is 4.79 Å². The Morgan fingerprint density at radius 1 is 2.00 bits per heavy atom. The van der Waals surface area contributed by atoms with Gasteiger partial charge in [0.2, 0.25) is 0 Å². The van der Waals surface area contributed by atoms with Gasteiger partial charge in [-0.1, -0.05) is 17.7 Å². The Morgan fingerprint density at radius 2 is 2.56 bits per heavy atom. The Bertz CT molecular complexity index is 116. The van der Waals surface area contributed by atoms with Gasteiger partial charge in [-0.15, -0.1) is 0 Å². The quantitative estimate of drug-likeness (QED) is 0.457. The SMILES string of the molecule is C=C[SH](N)C(=O)OCC. The summed E-state index contributed by atoms with van der Waals surface area (Å²) >= 11 is -1.24. The average molecular weight is 149 g/mol. The lowest BCUT2D eigenvalue weighted by Gasteiger charge is -2.07. The number of carbonyl (C=O) groups is 1. The van der Waals surface area contributed by atoms with E-state index in [9.17, 15) is 4.79 Å². The molecule has 2 N–H and O–H groups in total. The van der Waals surface area contributed by atoms with Crippen LogP contribution in [0.4, 0.5) is 4.79 Å². The van der Waals surface area contributed by atoms with Crippen molar-refractivity contribution in [2.24, 2.45) is 5.14 Å². The van der Waals surface area contributed by atoms with Crippen LogP contribution < -0.4 is 5.14 Å². The second-order valence-electron chi connectivity index (χ2n) is 1.29. The van der Waals surface area contributed by atoms with E-state index in [1.807, 2.05) is 0 Å². The van der Waals surface area contributed by atoms with Crippen molar-refractivity contribution >= 4 is 16.4 Å². The highest BCUT2D eigenvalue weighted by Gasteiger charge is 2.03. The van der Waals surface area contributed by atoms with Crippen LogP contribution in [0.1, 0.15) is 6.92 Å². The van der Waals surface area contributed by atoms with Crippen LogP contribution >= 0.6 is 11.1 Å². The molecule has 0 aromatic rings. The number of thiol groups is 1. The molecule has 0 amide bonds. The highest BCUT2D eigenvalue weighted by atomic mass is 32.2. The fraction of sp³-hybridized carbons (Fsp3) is 0.400. The first-order valence-corrected chi connectivity index (χ1v) is 4.03. The van der Waals surface area contributed by atoms with Gasteiger partial charge in [-0.3, -0.25) is 5.14 Å². The molecule has 0 rings (SSSR count). The van der Waals surface area contributed by atoms with Crippen molar-refractivity contribution in [2.75, 3.05) is 6.61 Å².